The molecule has 1 aromatic carbocycles. The van der Waals surface area contributed by atoms with Crippen LogP contribution in [0.2, 0.25) is 0 Å². The molecule has 3 rings (SSSR count). The average Bonchev–Trinajstić information content (AvgIpc) is 2.90. The number of rotatable bonds is 4. The smallest absolute Gasteiger partial charge is 0.409 e. The first-order valence-corrected chi connectivity index (χ1v) is 8.98. The van der Waals surface area contributed by atoms with Gasteiger partial charge in [-0.05, 0) is 49.8 Å². The molecule has 6 nitrogen and oxygen atoms in total. The summed E-state index contributed by atoms with van der Waals surface area (Å²) in [7, 11) is 1.81. The Labute approximate surface area is 152 Å². The molecule has 0 aliphatic carbocycles. The normalized spacial score (nSPS) is 15.3. The van der Waals surface area contributed by atoms with Gasteiger partial charge in [-0.3, -0.25) is 4.68 Å². The summed E-state index contributed by atoms with van der Waals surface area (Å²) in [6, 6.07) is 6.33. The van der Waals surface area contributed by atoms with Gasteiger partial charge in [-0.2, -0.15) is 5.10 Å². The number of piperidine rings is 1. The molecular weight excluding hydrogens is 335 g/mol. The van der Waals surface area contributed by atoms with Gasteiger partial charge in [0.2, 0.25) is 0 Å². The van der Waals surface area contributed by atoms with Crippen molar-refractivity contribution in [3.63, 3.8) is 0 Å². The molecule has 0 unspecified atom stereocenters. The first kappa shape index (κ1) is 18.2. The SMILES string of the molecule is CCOC(=O)N1CCC(Cc2nn(C)c(N)c2-c2ccc(F)cc2)CC1. The van der Waals surface area contributed by atoms with Crippen LogP contribution in [0.3, 0.4) is 0 Å². The number of hydrogen-bond acceptors (Lipinski definition) is 4. The summed E-state index contributed by atoms with van der Waals surface area (Å²) < 4.78 is 20.0. The number of likely N-dealkylation sites (tertiary alicyclic amines) is 1. The monoisotopic (exact) mass is 360 g/mol. The van der Waals surface area contributed by atoms with Gasteiger partial charge in [0, 0.05) is 25.7 Å². The lowest BCUT2D eigenvalue weighted by molar-refractivity contribution is 0.0917. The van der Waals surface area contributed by atoms with Gasteiger partial charge < -0.3 is 15.4 Å². The van der Waals surface area contributed by atoms with Crippen LogP contribution < -0.4 is 5.73 Å². The molecule has 7 heteroatoms. The quantitative estimate of drug-likeness (QED) is 0.909. The maximum Gasteiger partial charge on any atom is 0.409 e. The Kier molecular flexibility index (Phi) is 5.44. The molecule has 1 aliphatic rings. The third kappa shape index (κ3) is 3.81. The molecule has 26 heavy (non-hydrogen) atoms. The highest BCUT2D eigenvalue weighted by Crippen LogP contribution is 2.32. The Bertz CT molecular complexity index is 765. The predicted octanol–water partition coefficient (Wildman–Crippen LogP) is 3.22. The largest absolute Gasteiger partial charge is 0.450 e. The van der Waals surface area contributed by atoms with E-state index >= 15 is 0 Å². The van der Waals surface area contributed by atoms with Gasteiger partial charge >= 0.3 is 6.09 Å². The summed E-state index contributed by atoms with van der Waals surface area (Å²) in [5.41, 5.74) is 8.88. The van der Waals surface area contributed by atoms with Crippen molar-refractivity contribution in [2.45, 2.75) is 26.2 Å². The van der Waals surface area contributed by atoms with Crippen LogP contribution >= 0.6 is 0 Å². The van der Waals surface area contributed by atoms with E-state index < -0.39 is 0 Å². The van der Waals surface area contributed by atoms with Crippen molar-refractivity contribution in [1.82, 2.24) is 14.7 Å². The lowest BCUT2D eigenvalue weighted by atomic mass is 9.90. The van der Waals surface area contributed by atoms with Crippen molar-refractivity contribution in [2.24, 2.45) is 13.0 Å². The van der Waals surface area contributed by atoms with Gasteiger partial charge in [-0.15, -0.1) is 0 Å². The number of carbonyl (C=O) groups excluding carboxylic acids is 1. The molecule has 140 valence electrons. The second-order valence-corrected chi connectivity index (χ2v) is 6.67. The second-order valence-electron chi connectivity index (χ2n) is 6.67. The summed E-state index contributed by atoms with van der Waals surface area (Å²) in [4.78, 5) is 13.6. The van der Waals surface area contributed by atoms with E-state index in [9.17, 15) is 9.18 Å². The van der Waals surface area contributed by atoms with Gasteiger partial charge in [-0.1, -0.05) is 12.1 Å². The van der Waals surface area contributed by atoms with Crippen LogP contribution in [0.1, 0.15) is 25.5 Å². The van der Waals surface area contributed by atoms with Crippen LogP contribution in [0, 0.1) is 11.7 Å². The molecule has 0 radical (unpaired) electrons. The molecular formula is C19H25FN4O2. The van der Waals surface area contributed by atoms with Crippen molar-refractivity contribution in [1.29, 1.82) is 0 Å². The summed E-state index contributed by atoms with van der Waals surface area (Å²) in [5, 5.41) is 4.58. The highest BCUT2D eigenvalue weighted by Gasteiger charge is 2.26. The molecule has 2 heterocycles. The Morgan fingerprint density at radius 3 is 2.58 bits per heavy atom. The summed E-state index contributed by atoms with van der Waals surface area (Å²) in [6.07, 6.45) is 2.35. The van der Waals surface area contributed by atoms with E-state index in [1.165, 1.54) is 12.1 Å². The van der Waals surface area contributed by atoms with Gasteiger partial charge in [-0.25, -0.2) is 9.18 Å². The lowest BCUT2D eigenvalue weighted by Gasteiger charge is -2.31. The van der Waals surface area contributed by atoms with E-state index in [0.29, 0.717) is 31.4 Å². The second kappa shape index (κ2) is 7.76. The zero-order chi connectivity index (χ0) is 18.7. The molecule has 0 spiro atoms. The van der Waals surface area contributed by atoms with Crippen molar-refractivity contribution >= 4 is 11.9 Å². The predicted molar refractivity (Wildman–Crippen MR) is 98.0 cm³/mol. The molecule has 1 aromatic heterocycles. The number of amides is 1. The van der Waals surface area contributed by atoms with Crippen molar-refractivity contribution < 1.29 is 13.9 Å². The minimum atomic E-state index is -0.274. The maximum absolute atomic E-state index is 13.2. The number of nitrogens with two attached hydrogens (primary N) is 1. The summed E-state index contributed by atoms with van der Waals surface area (Å²) in [6.45, 7) is 3.59. The summed E-state index contributed by atoms with van der Waals surface area (Å²) in [5.74, 6) is 0.730. The topological polar surface area (TPSA) is 73.4 Å². The minimum absolute atomic E-state index is 0.236. The third-order valence-corrected chi connectivity index (χ3v) is 4.92. The number of ether oxygens (including phenoxy) is 1. The van der Waals surface area contributed by atoms with E-state index in [1.54, 1.807) is 21.7 Å². The van der Waals surface area contributed by atoms with Gasteiger partial charge in [0.25, 0.3) is 0 Å². The standard InChI is InChI=1S/C19H25FN4O2/c1-3-26-19(25)24-10-8-13(9-11-24)12-16-17(18(21)23(2)22-16)14-4-6-15(20)7-5-14/h4-7,13H,3,8-12,21H2,1-2H3. The van der Waals surface area contributed by atoms with Crippen molar-refractivity contribution in [2.75, 3.05) is 25.4 Å². The first-order chi connectivity index (χ1) is 12.5. The molecule has 0 atom stereocenters. The Morgan fingerprint density at radius 1 is 1.31 bits per heavy atom. The number of aromatic nitrogens is 2. The Balaban J connectivity index is 1.72. The van der Waals surface area contributed by atoms with Crippen molar-refractivity contribution in [3.05, 3.63) is 35.8 Å². The molecule has 0 bridgehead atoms. The maximum atomic E-state index is 13.2. The fraction of sp³-hybridized carbons (Fsp3) is 0.474. The van der Waals surface area contributed by atoms with Crippen LogP contribution in [0.4, 0.5) is 15.0 Å². The van der Waals surface area contributed by atoms with Gasteiger partial charge in [0.1, 0.15) is 11.6 Å². The van der Waals surface area contributed by atoms with Gasteiger partial charge in [0.05, 0.1) is 12.3 Å². The van der Waals surface area contributed by atoms with Crippen LogP contribution in [0.15, 0.2) is 24.3 Å². The number of anilines is 1. The number of carbonyl (C=O) groups is 1. The Hall–Kier alpha value is -2.57. The first-order valence-electron chi connectivity index (χ1n) is 8.98. The highest BCUT2D eigenvalue weighted by molar-refractivity contribution is 5.76. The molecule has 1 aliphatic heterocycles. The number of nitrogen functional groups attached to an aromatic ring is 1. The number of nitrogens with zero attached hydrogens (tertiary/aromatic N) is 3. The number of halogens is 1. The fourth-order valence-electron chi connectivity index (χ4n) is 3.48. The van der Waals surface area contributed by atoms with E-state index in [2.05, 4.69) is 5.10 Å². The zero-order valence-electron chi connectivity index (χ0n) is 15.2. The van der Waals surface area contributed by atoms with E-state index in [0.717, 1.165) is 36.1 Å². The molecule has 2 N–H and O–H groups in total. The van der Waals surface area contributed by atoms with Gasteiger partial charge in [0.15, 0.2) is 0 Å². The number of benzene rings is 1. The van der Waals surface area contributed by atoms with E-state index in [4.69, 9.17) is 10.5 Å². The molecule has 1 amide bonds. The summed E-state index contributed by atoms with van der Waals surface area (Å²) >= 11 is 0. The fourth-order valence-corrected chi connectivity index (χ4v) is 3.48. The van der Waals surface area contributed by atoms with E-state index in [-0.39, 0.29) is 11.9 Å². The molecule has 1 fully saturated rings. The highest BCUT2D eigenvalue weighted by atomic mass is 19.1. The lowest BCUT2D eigenvalue weighted by Crippen LogP contribution is -2.39. The van der Waals surface area contributed by atoms with Crippen LogP contribution in [-0.4, -0.2) is 40.5 Å². The van der Waals surface area contributed by atoms with Crippen LogP contribution in [-0.2, 0) is 18.2 Å². The van der Waals surface area contributed by atoms with E-state index in [1.807, 2.05) is 14.0 Å². The molecule has 0 saturated carbocycles. The number of hydrogen-bond donors (Lipinski definition) is 1. The molecule has 1 saturated heterocycles. The van der Waals surface area contributed by atoms with Crippen molar-refractivity contribution in [3.8, 4) is 11.1 Å². The Morgan fingerprint density at radius 2 is 1.96 bits per heavy atom. The third-order valence-electron chi connectivity index (χ3n) is 4.92. The average molecular weight is 360 g/mol. The van der Waals surface area contributed by atoms with Crippen LogP contribution in [0.5, 0.6) is 0 Å². The zero-order valence-corrected chi connectivity index (χ0v) is 15.2. The van der Waals surface area contributed by atoms with Crippen LogP contribution in [0.25, 0.3) is 11.1 Å². The minimum Gasteiger partial charge on any atom is -0.450 e. The number of aryl methyl sites for hydroxylation is 1. The molecule has 2 aromatic rings.